The number of aromatic nitrogens is 2. The van der Waals surface area contributed by atoms with Gasteiger partial charge in [0.2, 0.25) is 16.0 Å². The van der Waals surface area contributed by atoms with Crippen molar-refractivity contribution in [2.75, 3.05) is 50.0 Å². The molecule has 0 bridgehead atoms. The quantitative estimate of drug-likeness (QED) is 0.486. The lowest BCUT2D eigenvalue weighted by Crippen LogP contribution is -2.41. The van der Waals surface area contributed by atoms with Crippen LogP contribution in [0, 0.1) is 23.7 Å². The standard InChI is InChI=1S/C22H32ClF3N4O3S/c23-19-12-27-21(28-13-19)29-6-3-17(4-7-29)20-11-18(20)15-33-14-16-1-8-30(9-2-16)34(31,32)10-5-22(24,25)26/h12-13,16-18,20H,1-11,14-15H2/t18-,20+/m0/s1. The molecule has 1 aliphatic carbocycles. The van der Waals surface area contributed by atoms with Crippen molar-refractivity contribution in [1.29, 1.82) is 0 Å². The number of ether oxygens (including phenoxy) is 1. The smallest absolute Gasteiger partial charge is 0.381 e. The second-order valence-corrected chi connectivity index (χ2v) is 12.3. The lowest BCUT2D eigenvalue weighted by molar-refractivity contribution is -0.130. The van der Waals surface area contributed by atoms with E-state index in [0.717, 1.165) is 38.5 Å². The molecule has 0 unspecified atom stereocenters. The largest absolute Gasteiger partial charge is 0.390 e. The Labute approximate surface area is 204 Å². The highest BCUT2D eigenvalue weighted by molar-refractivity contribution is 7.89. The summed E-state index contributed by atoms with van der Waals surface area (Å²) in [5.41, 5.74) is 0. The van der Waals surface area contributed by atoms with Crippen molar-refractivity contribution in [3.63, 3.8) is 0 Å². The highest BCUT2D eigenvalue weighted by Gasteiger charge is 2.44. The van der Waals surface area contributed by atoms with Crippen molar-refractivity contribution in [2.24, 2.45) is 23.7 Å². The number of sulfonamides is 1. The molecule has 3 fully saturated rings. The summed E-state index contributed by atoms with van der Waals surface area (Å²) in [6, 6.07) is 0. The van der Waals surface area contributed by atoms with Gasteiger partial charge in [-0.3, -0.25) is 0 Å². The van der Waals surface area contributed by atoms with Crippen molar-refractivity contribution in [3.05, 3.63) is 17.4 Å². The fourth-order valence-corrected chi connectivity index (χ4v) is 6.76. The summed E-state index contributed by atoms with van der Waals surface area (Å²) in [6.45, 7) is 3.76. The summed E-state index contributed by atoms with van der Waals surface area (Å²) in [5, 5.41) is 0.538. The van der Waals surface area contributed by atoms with Crippen molar-refractivity contribution < 1.29 is 26.3 Å². The third-order valence-corrected chi connectivity index (χ3v) is 9.37. The van der Waals surface area contributed by atoms with E-state index < -0.39 is 28.4 Å². The van der Waals surface area contributed by atoms with Gasteiger partial charge in [0.25, 0.3) is 0 Å². The second kappa shape index (κ2) is 10.8. The minimum Gasteiger partial charge on any atom is -0.381 e. The van der Waals surface area contributed by atoms with Gasteiger partial charge in [-0.15, -0.1) is 0 Å². The Hall–Kier alpha value is -1.17. The molecular weight excluding hydrogens is 493 g/mol. The van der Waals surface area contributed by atoms with Gasteiger partial charge in [-0.2, -0.15) is 13.2 Å². The molecule has 7 nitrogen and oxygen atoms in total. The van der Waals surface area contributed by atoms with E-state index in [4.69, 9.17) is 16.3 Å². The Balaban J connectivity index is 1.10. The molecule has 2 aliphatic heterocycles. The Morgan fingerprint density at radius 1 is 1.03 bits per heavy atom. The lowest BCUT2D eigenvalue weighted by Gasteiger charge is -2.32. The molecule has 4 rings (SSSR count). The van der Waals surface area contributed by atoms with E-state index in [1.807, 2.05) is 0 Å². The molecule has 0 radical (unpaired) electrons. The maximum atomic E-state index is 12.4. The third kappa shape index (κ3) is 7.18. The van der Waals surface area contributed by atoms with Crippen LogP contribution in [-0.4, -0.2) is 74.0 Å². The third-order valence-electron chi connectivity index (χ3n) is 7.31. The van der Waals surface area contributed by atoms with Gasteiger partial charge in [0.1, 0.15) is 0 Å². The van der Waals surface area contributed by atoms with Crippen molar-refractivity contribution in [3.8, 4) is 0 Å². The average molecular weight is 525 g/mol. The molecule has 34 heavy (non-hydrogen) atoms. The molecule has 2 atom stereocenters. The van der Waals surface area contributed by atoms with E-state index in [9.17, 15) is 21.6 Å². The molecule has 3 heterocycles. The Kier molecular flexibility index (Phi) is 8.26. The molecule has 12 heteroatoms. The molecule has 3 aliphatic rings. The Morgan fingerprint density at radius 3 is 2.29 bits per heavy atom. The molecule has 2 saturated heterocycles. The summed E-state index contributed by atoms with van der Waals surface area (Å²) >= 11 is 5.86. The van der Waals surface area contributed by atoms with E-state index in [-0.39, 0.29) is 19.0 Å². The summed E-state index contributed by atoms with van der Waals surface area (Å²) < 4.78 is 68.5. The summed E-state index contributed by atoms with van der Waals surface area (Å²) in [5.74, 6) is 2.11. The van der Waals surface area contributed by atoms with Crippen LogP contribution >= 0.6 is 11.6 Å². The van der Waals surface area contributed by atoms with Gasteiger partial charge in [0.15, 0.2) is 0 Å². The number of rotatable bonds is 9. The molecule has 0 aromatic carbocycles. The van der Waals surface area contributed by atoms with Gasteiger partial charge in [0.05, 0.1) is 29.6 Å². The molecule has 0 N–H and O–H groups in total. The van der Waals surface area contributed by atoms with E-state index in [0.29, 0.717) is 42.2 Å². The van der Waals surface area contributed by atoms with Crippen LogP contribution < -0.4 is 4.90 Å². The number of hydrogen-bond acceptors (Lipinski definition) is 6. The van der Waals surface area contributed by atoms with Crippen molar-refractivity contribution in [2.45, 2.75) is 44.7 Å². The van der Waals surface area contributed by atoms with Crippen LogP contribution in [-0.2, 0) is 14.8 Å². The Bertz CT molecular complexity index is 903. The first-order chi connectivity index (χ1) is 16.1. The van der Waals surface area contributed by atoms with Crippen LogP contribution in [0.15, 0.2) is 12.4 Å². The van der Waals surface area contributed by atoms with Gasteiger partial charge >= 0.3 is 6.18 Å². The number of piperidine rings is 2. The first-order valence-corrected chi connectivity index (χ1v) is 13.9. The monoisotopic (exact) mass is 524 g/mol. The lowest BCUT2D eigenvalue weighted by atomic mass is 9.91. The Morgan fingerprint density at radius 2 is 1.68 bits per heavy atom. The van der Waals surface area contributed by atoms with Crippen LogP contribution in [0.1, 0.15) is 38.5 Å². The predicted molar refractivity (Wildman–Crippen MR) is 123 cm³/mol. The van der Waals surface area contributed by atoms with Crippen LogP contribution in [0.4, 0.5) is 19.1 Å². The highest BCUT2D eigenvalue weighted by atomic mass is 35.5. The maximum Gasteiger partial charge on any atom is 0.390 e. The van der Waals surface area contributed by atoms with Crippen molar-refractivity contribution in [1.82, 2.24) is 14.3 Å². The minimum atomic E-state index is -4.46. The molecule has 192 valence electrons. The maximum absolute atomic E-state index is 12.4. The van der Waals surface area contributed by atoms with E-state index in [1.54, 1.807) is 12.4 Å². The van der Waals surface area contributed by atoms with Gasteiger partial charge in [-0.25, -0.2) is 22.7 Å². The summed E-state index contributed by atoms with van der Waals surface area (Å²) in [7, 11) is -3.85. The SMILES string of the molecule is O=S(=O)(CCC(F)(F)F)N1CCC(COC[C@@H]2C[C@@H]2C2CCN(c3ncc(Cl)cn3)CC2)CC1. The molecule has 1 aromatic heterocycles. The average Bonchev–Trinajstić information content (AvgIpc) is 3.58. The normalized spacial score (nSPS) is 25.6. The second-order valence-electron chi connectivity index (χ2n) is 9.75. The molecule has 1 aromatic rings. The first kappa shape index (κ1) is 25.9. The zero-order chi connectivity index (χ0) is 24.3. The highest BCUT2D eigenvalue weighted by Crippen LogP contribution is 2.48. The van der Waals surface area contributed by atoms with Gasteiger partial charge in [-0.05, 0) is 55.8 Å². The molecular formula is C22H32ClF3N4O3S. The zero-order valence-electron chi connectivity index (χ0n) is 19.1. The topological polar surface area (TPSA) is 75.6 Å². The van der Waals surface area contributed by atoms with Crippen LogP contribution in [0.3, 0.4) is 0 Å². The summed E-state index contributed by atoms with van der Waals surface area (Å²) in [6.07, 6.45) is 2.19. The fraction of sp³-hybridized carbons (Fsp3) is 0.818. The molecule has 0 spiro atoms. The van der Waals surface area contributed by atoms with Gasteiger partial charge in [0, 0.05) is 39.4 Å². The molecule has 1 saturated carbocycles. The predicted octanol–water partition coefficient (Wildman–Crippen LogP) is 3.99. The number of nitrogens with zero attached hydrogens (tertiary/aromatic N) is 4. The number of halogens is 4. The fourth-order valence-electron chi connectivity index (χ4n) is 5.15. The van der Waals surface area contributed by atoms with Crippen LogP contribution in [0.5, 0.6) is 0 Å². The van der Waals surface area contributed by atoms with Gasteiger partial charge in [-0.1, -0.05) is 11.6 Å². The van der Waals surface area contributed by atoms with Gasteiger partial charge < -0.3 is 9.64 Å². The minimum absolute atomic E-state index is 0.258. The number of alkyl halides is 3. The number of anilines is 1. The van der Waals surface area contributed by atoms with E-state index in [1.165, 1.54) is 10.7 Å². The number of hydrogen-bond donors (Lipinski definition) is 0. The van der Waals surface area contributed by atoms with E-state index in [2.05, 4.69) is 14.9 Å². The summed E-state index contributed by atoms with van der Waals surface area (Å²) in [4.78, 5) is 10.8. The molecule has 0 amide bonds. The van der Waals surface area contributed by atoms with E-state index >= 15 is 0 Å². The van der Waals surface area contributed by atoms with Crippen LogP contribution in [0.2, 0.25) is 5.02 Å². The van der Waals surface area contributed by atoms with Crippen molar-refractivity contribution >= 4 is 27.6 Å². The first-order valence-electron chi connectivity index (χ1n) is 12.0. The zero-order valence-corrected chi connectivity index (χ0v) is 20.7. The van der Waals surface area contributed by atoms with Crippen LogP contribution in [0.25, 0.3) is 0 Å².